The Hall–Kier alpha value is -5.56. The van der Waals surface area contributed by atoms with Crippen molar-refractivity contribution < 1.29 is 4.57 Å². The number of fused-ring (bicyclic) bond motifs is 6. The minimum Gasteiger partial charge on any atom is -0.309 e. The molecule has 0 atom stereocenters. The standard InChI is InChI=1S/C46H34NOP/c1-46(2)41-20-12-11-19-39(41)45-43(46)42(40-30-27-33-13-9-10-18-38(33)44(40)47-45)34-23-21-31(22-24-34)32-25-28-37(29-26-32)49(48,35-14-5-3-6-15-35)36-16-7-4-8-17-36/h3-30H,1-2H3. The summed E-state index contributed by atoms with van der Waals surface area (Å²) in [6, 6.07) is 58.7. The highest BCUT2D eigenvalue weighted by molar-refractivity contribution is 7.85. The molecule has 7 aromatic carbocycles. The van der Waals surface area contributed by atoms with E-state index in [1.54, 1.807) is 0 Å². The Labute approximate surface area is 287 Å². The summed E-state index contributed by atoms with van der Waals surface area (Å²) in [7, 11) is -3.03. The molecule has 1 heterocycles. The van der Waals surface area contributed by atoms with Crippen molar-refractivity contribution in [3.8, 4) is 33.5 Å². The number of rotatable bonds is 5. The number of pyridine rings is 1. The molecule has 2 nitrogen and oxygen atoms in total. The summed E-state index contributed by atoms with van der Waals surface area (Å²) < 4.78 is 14.9. The van der Waals surface area contributed by atoms with Crippen LogP contribution < -0.4 is 15.9 Å². The molecule has 0 saturated heterocycles. The summed E-state index contributed by atoms with van der Waals surface area (Å²) in [5, 5.41) is 6.06. The van der Waals surface area contributed by atoms with Crippen molar-refractivity contribution in [3.63, 3.8) is 0 Å². The number of hydrogen-bond acceptors (Lipinski definition) is 2. The van der Waals surface area contributed by atoms with E-state index in [0.29, 0.717) is 0 Å². The lowest BCUT2D eigenvalue weighted by atomic mass is 9.78. The largest absolute Gasteiger partial charge is 0.309 e. The molecule has 3 heteroatoms. The second kappa shape index (κ2) is 11.3. The highest BCUT2D eigenvalue weighted by Gasteiger charge is 2.39. The summed E-state index contributed by atoms with van der Waals surface area (Å²) in [4.78, 5) is 5.42. The molecule has 0 radical (unpaired) electrons. The van der Waals surface area contributed by atoms with E-state index in [9.17, 15) is 4.57 Å². The van der Waals surface area contributed by atoms with E-state index in [4.69, 9.17) is 4.98 Å². The SMILES string of the molecule is CC1(C)c2ccccc2-c2nc3c(ccc4ccccc43)c(-c3ccc(-c4ccc(P(=O)(c5ccccc5)c5ccccc5)cc4)cc3)c21. The van der Waals surface area contributed by atoms with Crippen LogP contribution in [0.3, 0.4) is 0 Å². The summed E-state index contributed by atoms with van der Waals surface area (Å²) >= 11 is 0. The fraction of sp³-hybridized carbons (Fsp3) is 0.0652. The van der Waals surface area contributed by atoms with Gasteiger partial charge in [0.05, 0.1) is 11.2 Å². The van der Waals surface area contributed by atoms with Crippen LogP contribution in [0.4, 0.5) is 0 Å². The number of benzene rings is 7. The van der Waals surface area contributed by atoms with Crippen LogP contribution in [0.25, 0.3) is 55.2 Å². The summed E-state index contributed by atoms with van der Waals surface area (Å²) in [5.41, 5.74) is 10.4. The lowest BCUT2D eigenvalue weighted by molar-refractivity contribution is 0.592. The van der Waals surface area contributed by atoms with Gasteiger partial charge in [-0.2, -0.15) is 0 Å². The molecule has 0 saturated carbocycles. The third-order valence-electron chi connectivity index (χ3n) is 10.3. The maximum atomic E-state index is 14.9. The highest BCUT2D eigenvalue weighted by Crippen LogP contribution is 2.53. The summed E-state index contributed by atoms with van der Waals surface area (Å²) in [6.45, 7) is 4.66. The Bertz CT molecular complexity index is 2530. The maximum Gasteiger partial charge on any atom is 0.171 e. The molecular formula is C46H34NOP. The van der Waals surface area contributed by atoms with E-state index in [1.165, 1.54) is 44.0 Å². The predicted molar refractivity (Wildman–Crippen MR) is 207 cm³/mol. The van der Waals surface area contributed by atoms with Crippen LogP contribution in [0.2, 0.25) is 0 Å². The van der Waals surface area contributed by atoms with Crippen molar-refractivity contribution in [1.82, 2.24) is 4.98 Å². The topological polar surface area (TPSA) is 30.0 Å². The van der Waals surface area contributed by atoms with Gasteiger partial charge in [0.2, 0.25) is 0 Å². The molecule has 0 fully saturated rings. The second-order valence-corrected chi connectivity index (χ2v) is 16.2. The third-order valence-corrected chi connectivity index (χ3v) is 13.4. The normalized spacial score (nSPS) is 13.3. The van der Waals surface area contributed by atoms with Gasteiger partial charge in [-0.05, 0) is 38.8 Å². The van der Waals surface area contributed by atoms with Crippen LogP contribution >= 0.6 is 7.14 Å². The van der Waals surface area contributed by atoms with Crippen molar-refractivity contribution in [2.24, 2.45) is 0 Å². The summed E-state index contributed by atoms with van der Waals surface area (Å²) in [5.74, 6) is 0. The van der Waals surface area contributed by atoms with Crippen molar-refractivity contribution in [2.75, 3.05) is 0 Å². The zero-order valence-electron chi connectivity index (χ0n) is 27.5. The lowest BCUT2D eigenvalue weighted by Gasteiger charge is -2.25. The zero-order valence-corrected chi connectivity index (χ0v) is 28.4. The Balaban J connectivity index is 1.17. The maximum absolute atomic E-state index is 14.9. The number of aromatic nitrogens is 1. The number of hydrogen-bond donors (Lipinski definition) is 0. The smallest absolute Gasteiger partial charge is 0.171 e. The monoisotopic (exact) mass is 647 g/mol. The Kier molecular flexibility index (Phi) is 6.80. The molecular weight excluding hydrogens is 613 g/mol. The first-order chi connectivity index (χ1) is 23.9. The van der Waals surface area contributed by atoms with Crippen molar-refractivity contribution in [2.45, 2.75) is 19.3 Å². The average Bonchev–Trinajstić information content (AvgIpc) is 3.40. The van der Waals surface area contributed by atoms with E-state index >= 15 is 0 Å². The predicted octanol–water partition coefficient (Wildman–Crippen LogP) is 10.7. The lowest BCUT2D eigenvalue weighted by Crippen LogP contribution is -2.24. The quantitative estimate of drug-likeness (QED) is 0.137. The van der Waals surface area contributed by atoms with Crippen LogP contribution in [0.1, 0.15) is 25.0 Å². The van der Waals surface area contributed by atoms with Crippen molar-refractivity contribution in [1.29, 1.82) is 0 Å². The zero-order chi connectivity index (χ0) is 33.2. The Morgan fingerprint density at radius 3 is 1.69 bits per heavy atom. The molecule has 0 aliphatic heterocycles. The fourth-order valence-electron chi connectivity index (χ4n) is 7.89. The van der Waals surface area contributed by atoms with E-state index in [-0.39, 0.29) is 5.41 Å². The molecule has 8 aromatic rings. The van der Waals surface area contributed by atoms with Crippen LogP contribution in [0.15, 0.2) is 170 Å². The fourth-order valence-corrected chi connectivity index (χ4v) is 10.5. The first-order valence-corrected chi connectivity index (χ1v) is 18.5. The Morgan fingerprint density at radius 1 is 0.490 bits per heavy atom. The van der Waals surface area contributed by atoms with Crippen LogP contribution in [0, 0.1) is 0 Å². The van der Waals surface area contributed by atoms with Crippen LogP contribution in [0.5, 0.6) is 0 Å². The third kappa shape index (κ3) is 4.55. The first kappa shape index (κ1) is 29.6. The van der Waals surface area contributed by atoms with Crippen LogP contribution in [-0.4, -0.2) is 4.98 Å². The van der Waals surface area contributed by atoms with E-state index in [1.807, 2.05) is 72.8 Å². The number of nitrogens with zero attached hydrogens (tertiary/aromatic N) is 1. The first-order valence-electron chi connectivity index (χ1n) is 16.8. The Morgan fingerprint density at radius 2 is 1.02 bits per heavy atom. The van der Waals surface area contributed by atoms with Gasteiger partial charge in [0, 0.05) is 37.7 Å². The molecule has 0 N–H and O–H groups in total. The molecule has 1 aliphatic rings. The highest BCUT2D eigenvalue weighted by atomic mass is 31.2. The minimum atomic E-state index is -3.03. The molecule has 0 unspecified atom stereocenters. The van der Waals surface area contributed by atoms with Gasteiger partial charge in [0.15, 0.2) is 7.14 Å². The molecule has 234 valence electrons. The van der Waals surface area contributed by atoms with Gasteiger partial charge in [-0.1, -0.05) is 184 Å². The van der Waals surface area contributed by atoms with Gasteiger partial charge in [-0.25, -0.2) is 4.98 Å². The van der Waals surface area contributed by atoms with E-state index < -0.39 is 7.14 Å². The van der Waals surface area contributed by atoms with Gasteiger partial charge in [0.1, 0.15) is 0 Å². The molecule has 1 aromatic heterocycles. The molecule has 9 rings (SSSR count). The minimum absolute atomic E-state index is 0.200. The van der Waals surface area contributed by atoms with Gasteiger partial charge < -0.3 is 4.57 Å². The molecule has 1 aliphatic carbocycles. The average molecular weight is 648 g/mol. The van der Waals surface area contributed by atoms with E-state index in [0.717, 1.165) is 38.3 Å². The van der Waals surface area contributed by atoms with E-state index in [2.05, 4.69) is 111 Å². The van der Waals surface area contributed by atoms with Crippen LogP contribution in [-0.2, 0) is 9.98 Å². The molecule has 0 amide bonds. The van der Waals surface area contributed by atoms with Crippen molar-refractivity contribution >= 4 is 44.7 Å². The van der Waals surface area contributed by atoms with Gasteiger partial charge >= 0.3 is 0 Å². The molecule has 0 spiro atoms. The molecule has 49 heavy (non-hydrogen) atoms. The van der Waals surface area contributed by atoms with Gasteiger partial charge in [-0.3, -0.25) is 0 Å². The second-order valence-electron chi connectivity index (χ2n) is 13.5. The van der Waals surface area contributed by atoms with Gasteiger partial charge in [-0.15, -0.1) is 0 Å². The molecule has 0 bridgehead atoms. The van der Waals surface area contributed by atoms with Crippen molar-refractivity contribution in [3.05, 3.63) is 181 Å². The van der Waals surface area contributed by atoms with Gasteiger partial charge in [0.25, 0.3) is 0 Å². The summed E-state index contributed by atoms with van der Waals surface area (Å²) in [6.07, 6.45) is 0.